The number of aromatic nitrogens is 4. The van der Waals surface area contributed by atoms with Crippen LogP contribution in [0.1, 0.15) is 30.9 Å². The second-order valence-electron chi connectivity index (χ2n) is 6.27. The molecule has 3 rings (SSSR count). The van der Waals surface area contributed by atoms with Gasteiger partial charge in [0.15, 0.2) is 11.5 Å². The molecule has 0 unspecified atom stereocenters. The highest BCUT2D eigenvalue weighted by Crippen LogP contribution is 2.32. The predicted molar refractivity (Wildman–Crippen MR) is 102 cm³/mol. The first-order valence-corrected chi connectivity index (χ1v) is 9.59. The molecule has 0 aliphatic heterocycles. The third kappa shape index (κ3) is 4.78. The summed E-state index contributed by atoms with van der Waals surface area (Å²) >= 11 is 1.43. The van der Waals surface area contributed by atoms with E-state index in [1.807, 2.05) is 12.1 Å². The van der Waals surface area contributed by atoms with Gasteiger partial charge in [-0.25, -0.2) is 0 Å². The maximum absolute atomic E-state index is 12.4. The van der Waals surface area contributed by atoms with Crippen LogP contribution >= 0.6 is 11.8 Å². The summed E-state index contributed by atoms with van der Waals surface area (Å²) < 4.78 is 36.1. The number of tetrazole rings is 1. The molecule has 0 aliphatic rings. The number of hydrogen-bond acceptors (Lipinski definition) is 6. The molecule has 0 aliphatic carbocycles. The average molecular weight is 406 g/mol. The number of hydrogen-bond donors (Lipinski definition) is 0. The molecule has 148 valence electrons. The van der Waals surface area contributed by atoms with Crippen molar-refractivity contribution in [3.63, 3.8) is 0 Å². The van der Waals surface area contributed by atoms with Crippen molar-refractivity contribution in [1.29, 1.82) is 0 Å². The fourth-order valence-electron chi connectivity index (χ4n) is 2.57. The number of rotatable bonds is 8. The second kappa shape index (κ2) is 9.01. The van der Waals surface area contributed by atoms with Gasteiger partial charge in [-0.1, -0.05) is 43.8 Å². The molecular formula is C19H20F2N4O2S. The quantitative estimate of drug-likeness (QED) is 0.506. The van der Waals surface area contributed by atoms with Gasteiger partial charge in [0.25, 0.3) is 0 Å². The number of methoxy groups -OCH3 is 1. The van der Waals surface area contributed by atoms with Gasteiger partial charge in [0.1, 0.15) is 0 Å². The van der Waals surface area contributed by atoms with E-state index in [1.165, 1.54) is 30.5 Å². The number of halogens is 2. The second-order valence-corrected chi connectivity index (χ2v) is 7.21. The highest BCUT2D eigenvalue weighted by atomic mass is 32.2. The molecule has 0 spiro atoms. The average Bonchev–Trinajstić information content (AvgIpc) is 3.15. The Hall–Kier alpha value is -2.68. The first-order chi connectivity index (χ1) is 13.5. The summed E-state index contributed by atoms with van der Waals surface area (Å²) in [4.78, 5) is 0. The van der Waals surface area contributed by atoms with E-state index >= 15 is 0 Å². The van der Waals surface area contributed by atoms with Crippen molar-refractivity contribution in [3.05, 3.63) is 53.6 Å². The van der Waals surface area contributed by atoms with Gasteiger partial charge < -0.3 is 9.47 Å². The normalized spacial score (nSPS) is 11.2. The van der Waals surface area contributed by atoms with Gasteiger partial charge in [0.2, 0.25) is 5.16 Å². The van der Waals surface area contributed by atoms with Crippen LogP contribution in [0, 0.1) is 0 Å². The van der Waals surface area contributed by atoms with Crippen molar-refractivity contribution >= 4 is 11.8 Å². The molecule has 0 fully saturated rings. The van der Waals surface area contributed by atoms with Gasteiger partial charge >= 0.3 is 6.61 Å². The summed E-state index contributed by atoms with van der Waals surface area (Å²) in [5.41, 5.74) is 2.98. The number of nitrogens with zero attached hydrogens (tertiary/aromatic N) is 4. The van der Waals surface area contributed by atoms with Crippen LogP contribution in [0.15, 0.2) is 47.6 Å². The number of benzene rings is 2. The fourth-order valence-corrected chi connectivity index (χ4v) is 3.41. The Bertz CT molecular complexity index is 917. The van der Waals surface area contributed by atoms with Gasteiger partial charge in [0, 0.05) is 5.75 Å². The van der Waals surface area contributed by atoms with Crippen molar-refractivity contribution in [1.82, 2.24) is 20.2 Å². The molecule has 6 nitrogen and oxygen atoms in total. The van der Waals surface area contributed by atoms with Crippen LogP contribution in [0.25, 0.3) is 5.69 Å². The minimum Gasteiger partial charge on any atom is -0.493 e. The molecule has 1 aromatic heterocycles. The smallest absolute Gasteiger partial charge is 0.387 e. The summed E-state index contributed by atoms with van der Waals surface area (Å²) in [6, 6.07) is 12.9. The maximum Gasteiger partial charge on any atom is 0.387 e. The molecule has 0 saturated carbocycles. The minimum atomic E-state index is -2.90. The highest BCUT2D eigenvalue weighted by molar-refractivity contribution is 7.98. The van der Waals surface area contributed by atoms with E-state index in [0.29, 0.717) is 16.8 Å². The standard InChI is InChI=1S/C19H20F2N4O2S/c1-12(2)14-5-7-15(8-6-14)25-19(22-23-24-25)28-11-13-4-9-16(27-18(20)21)17(10-13)26-3/h4-10,12,18H,11H2,1-3H3. The molecule has 9 heteroatoms. The molecule has 0 bridgehead atoms. The van der Waals surface area contributed by atoms with Crippen LogP contribution in [-0.4, -0.2) is 33.9 Å². The third-order valence-electron chi connectivity index (χ3n) is 4.06. The lowest BCUT2D eigenvalue weighted by Crippen LogP contribution is -2.03. The number of alkyl halides is 2. The number of thioether (sulfide) groups is 1. The van der Waals surface area contributed by atoms with Crippen molar-refractivity contribution in [3.8, 4) is 17.2 Å². The zero-order valence-electron chi connectivity index (χ0n) is 15.7. The topological polar surface area (TPSA) is 62.1 Å². The van der Waals surface area contributed by atoms with E-state index in [-0.39, 0.29) is 11.5 Å². The van der Waals surface area contributed by atoms with Crippen LogP contribution < -0.4 is 9.47 Å². The van der Waals surface area contributed by atoms with Crippen molar-refractivity contribution in [2.24, 2.45) is 0 Å². The van der Waals surface area contributed by atoms with E-state index in [2.05, 4.69) is 46.2 Å². The molecule has 0 saturated heterocycles. The zero-order chi connectivity index (χ0) is 20.1. The lowest BCUT2D eigenvalue weighted by molar-refractivity contribution is -0.0512. The molecule has 1 heterocycles. The molecule has 0 amide bonds. The predicted octanol–water partition coefficient (Wildman–Crippen LogP) is 4.69. The summed E-state index contributed by atoms with van der Waals surface area (Å²) in [5, 5.41) is 12.5. The molecule has 28 heavy (non-hydrogen) atoms. The van der Waals surface area contributed by atoms with E-state index in [4.69, 9.17) is 4.74 Å². The molecule has 2 aromatic carbocycles. The first-order valence-electron chi connectivity index (χ1n) is 8.61. The summed E-state index contributed by atoms with van der Waals surface area (Å²) in [6.07, 6.45) is 0. The van der Waals surface area contributed by atoms with Crippen LogP contribution in [-0.2, 0) is 5.75 Å². The molecule has 0 radical (unpaired) electrons. The van der Waals surface area contributed by atoms with Gasteiger partial charge in [-0.2, -0.15) is 13.5 Å². The van der Waals surface area contributed by atoms with Crippen LogP contribution in [0.2, 0.25) is 0 Å². The SMILES string of the molecule is COc1cc(CSc2nnnn2-c2ccc(C(C)C)cc2)ccc1OC(F)F. The first kappa shape index (κ1) is 20.1. The van der Waals surface area contributed by atoms with Crippen molar-refractivity contribution in [2.75, 3.05) is 7.11 Å². The van der Waals surface area contributed by atoms with Gasteiger partial charge in [-0.05, 0) is 51.7 Å². The van der Waals surface area contributed by atoms with Gasteiger partial charge in [-0.15, -0.1) is 5.10 Å². The van der Waals surface area contributed by atoms with E-state index in [9.17, 15) is 8.78 Å². The lowest BCUT2D eigenvalue weighted by atomic mass is 10.0. The van der Waals surface area contributed by atoms with Crippen molar-refractivity contribution in [2.45, 2.75) is 37.3 Å². The van der Waals surface area contributed by atoms with Gasteiger partial charge in [0.05, 0.1) is 12.8 Å². The molecule has 0 atom stereocenters. The van der Waals surface area contributed by atoms with E-state index in [0.717, 1.165) is 11.3 Å². The van der Waals surface area contributed by atoms with Crippen LogP contribution in [0.3, 0.4) is 0 Å². The lowest BCUT2D eigenvalue weighted by Gasteiger charge is -2.11. The Morgan fingerprint density at radius 1 is 1.07 bits per heavy atom. The summed E-state index contributed by atoms with van der Waals surface area (Å²) in [7, 11) is 1.41. The van der Waals surface area contributed by atoms with Crippen LogP contribution in [0.4, 0.5) is 8.78 Å². The minimum absolute atomic E-state index is 0.00123. The largest absolute Gasteiger partial charge is 0.493 e. The molecule has 0 N–H and O–H groups in total. The Balaban J connectivity index is 1.73. The third-order valence-corrected chi connectivity index (χ3v) is 5.05. The Morgan fingerprint density at radius 3 is 2.46 bits per heavy atom. The maximum atomic E-state index is 12.4. The Morgan fingerprint density at radius 2 is 1.82 bits per heavy atom. The highest BCUT2D eigenvalue weighted by Gasteiger charge is 2.13. The van der Waals surface area contributed by atoms with Crippen LogP contribution in [0.5, 0.6) is 11.5 Å². The van der Waals surface area contributed by atoms with E-state index < -0.39 is 6.61 Å². The van der Waals surface area contributed by atoms with E-state index in [1.54, 1.807) is 16.8 Å². The van der Waals surface area contributed by atoms with Crippen molar-refractivity contribution < 1.29 is 18.3 Å². The monoisotopic (exact) mass is 406 g/mol. The molecule has 3 aromatic rings. The zero-order valence-corrected chi connectivity index (χ0v) is 16.5. The fraction of sp³-hybridized carbons (Fsp3) is 0.316. The summed E-state index contributed by atoms with van der Waals surface area (Å²) in [6.45, 7) is 1.37. The Labute approximate surface area is 165 Å². The Kier molecular flexibility index (Phi) is 6.45. The number of ether oxygens (including phenoxy) is 2. The van der Waals surface area contributed by atoms with Gasteiger partial charge in [-0.3, -0.25) is 0 Å². The molecular weight excluding hydrogens is 386 g/mol. The summed E-state index contributed by atoms with van der Waals surface area (Å²) in [5.74, 6) is 1.24.